The summed E-state index contributed by atoms with van der Waals surface area (Å²) in [4.78, 5) is 11.5. The van der Waals surface area contributed by atoms with Gasteiger partial charge in [0.15, 0.2) is 6.29 Å². The Kier molecular flexibility index (Phi) is 7.48. The van der Waals surface area contributed by atoms with Crippen LogP contribution in [0.1, 0.15) is 52.9 Å². The number of carbonyl (C=O) groups excluding carboxylic acids is 1. The predicted octanol–water partition coefficient (Wildman–Crippen LogP) is 2.47. The molecule has 84 valence electrons. The van der Waals surface area contributed by atoms with Crippen molar-refractivity contribution in [2.24, 2.45) is 5.92 Å². The number of aliphatic hydroxyl groups is 1. The van der Waals surface area contributed by atoms with E-state index in [1.54, 1.807) is 6.92 Å². The third-order valence-electron chi connectivity index (χ3n) is 2.33. The van der Waals surface area contributed by atoms with Gasteiger partial charge in [0.25, 0.3) is 0 Å². The van der Waals surface area contributed by atoms with Crippen LogP contribution in [0.15, 0.2) is 0 Å². The number of ether oxygens (including phenoxy) is 1. The van der Waals surface area contributed by atoms with E-state index in [0.717, 1.165) is 25.7 Å². The Morgan fingerprint density at radius 2 is 1.93 bits per heavy atom. The molecule has 0 amide bonds. The Bertz CT molecular complexity index is 157. The first-order valence-electron chi connectivity index (χ1n) is 5.54. The number of carbonyl (C=O) groups is 1. The van der Waals surface area contributed by atoms with E-state index in [9.17, 15) is 4.79 Å². The highest BCUT2D eigenvalue weighted by atomic mass is 16.6. The van der Waals surface area contributed by atoms with Crippen molar-refractivity contribution < 1.29 is 14.6 Å². The Labute approximate surface area is 86.5 Å². The molecule has 0 fully saturated rings. The molecule has 2 unspecified atom stereocenters. The van der Waals surface area contributed by atoms with Crippen LogP contribution < -0.4 is 0 Å². The normalized spacial score (nSPS) is 14.9. The van der Waals surface area contributed by atoms with Crippen LogP contribution in [0.5, 0.6) is 0 Å². The van der Waals surface area contributed by atoms with Crippen LogP contribution in [-0.2, 0) is 9.53 Å². The highest BCUT2D eigenvalue weighted by Gasteiger charge is 2.19. The molecule has 0 aromatic rings. The fourth-order valence-electron chi connectivity index (χ4n) is 1.25. The van der Waals surface area contributed by atoms with Crippen molar-refractivity contribution in [1.82, 2.24) is 0 Å². The molecule has 0 saturated carbocycles. The summed E-state index contributed by atoms with van der Waals surface area (Å²) in [7, 11) is 0. The van der Waals surface area contributed by atoms with Crippen molar-refractivity contribution in [3.63, 3.8) is 0 Å². The van der Waals surface area contributed by atoms with Gasteiger partial charge in [0.2, 0.25) is 0 Å². The van der Waals surface area contributed by atoms with Gasteiger partial charge < -0.3 is 9.84 Å². The Balaban J connectivity index is 3.90. The van der Waals surface area contributed by atoms with Gasteiger partial charge in [-0.05, 0) is 12.8 Å². The van der Waals surface area contributed by atoms with Crippen molar-refractivity contribution in [2.45, 2.75) is 59.2 Å². The van der Waals surface area contributed by atoms with Crippen molar-refractivity contribution in [1.29, 1.82) is 0 Å². The molecule has 0 heterocycles. The van der Waals surface area contributed by atoms with Gasteiger partial charge in [0.05, 0.1) is 5.92 Å². The zero-order valence-electron chi connectivity index (χ0n) is 9.45. The van der Waals surface area contributed by atoms with Crippen molar-refractivity contribution >= 4 is 5.97 Å². The molecular weight excluding hydrogens is 180 g/mol. The summed E-state index contributed by atoms with van der Waals surface area (Å²) in [6.45, 7) is 5.85. The summed E-state index contributed by atoms with van der Waals surface area (Å²) in [6.07, 6.45) is 3.29. The van der Waals surface area contributed by atoms with Crippen LogP contribution in [0.2, 0.25) is 0 Å². The maximum absolute atomic E-state index is 11.5. The minimum Gasteiger partial charge on any atom is -0.436 e. The molecule has 0 aliphatic heterocycles. The topological polar surface area (TPSA) is 46.5 Å². The highest BCUT2D eigenvalue weighted by Crippen LogP contribution is 2.15. The zero-order valence-corrected chi connectivity index (χ0v) is 9.45. The molecule has 0 spiro atoms. The summed E-state index contributed by atoms with van der Waals surface area (Å²) in [5, 5.41) is 9.16. The molecule has 0 radical (unpaired) electrons. The Morgan fingerprint density at radius 3 is 2.36 bits per heavy atom. The standard InChI is InChI=1S/C11H22O3/c1-4-7-8-9(5-2)11(13)14-10(12)6-3/h9-10,12H,4-8H2,1-3H3. The van der Waals surface area contributed by atoms with Crippen molar-refractivity contribution in [3.05, 3.63) is 0 Å². The van der Waals surface area contributed by atoms with E-state index in [0.29, 0.717) is 6.42 Å². The first-order valence-corrected chi connectivity index (χ1v) is 5.54. The van der Waals surface area contributed by atoms with Gasteiger partial charge in [0.1, 0.15) is 0 Å². The van der Waals surface area contributed by atoms with Gasteiger partial charge in [-0.25, -0.2) is 0 Å². The molecule has 0 bridgehead atoms. The fourth-order valence-corrected chi connectivity index (χ4v) is 1.25. The third kappa shape index (κ3) is 5.22. The van der Waals surface area contributed by atoms with Gasteiger partial charge >= 0.3 is 5.97 Å². The van der Waals surface area contributed by atoms with Crippen LogP contribution in [0.25, 0.3) is 0 Å². The van der Waals surface area contributed by atoms with E-state index in [4.69, 9.17) is 9.84 Å². The van der Waals surface area contributed by atoms with Gasteiger partial charge in [0, 0.05) is 6.42 Å². The number of rotatable bonds is 7. The maximum atomic E-state index is 11.5. The van der Waals surface area contributed by atoms with Crippen LogP contribution in [0.3, 0.4) is 0 Å². The van der Waals surface area contributed by atoms with Crippen molar-refractivity contribution in [2.75, 3.05) is 0 Å². The average Bonchev–Trinajstić information content (AvgIpc) is 2.18. The Hall–Kier alpha value is -0.570. The lowest BCUT2D eigenvalue weighted by molar-refractivity contribution is -0.173. The molecular formula is C11H22O3. The number of unbranched alkanes of at least 4 members (excludes halogenated alkanes) is 1. The summed E-state index contributed by atoms with van der Waals surface area (Å²) < 4.78 is 4.87. The summed E-state index contributed by atoms with van der Waals surface area (Å²) in [5.41, 5.74) is 0. The van der Waals surface area contributed by atoms with E-state index < -0.39 is 6.29 Å². The lowest BCUT2D eigenvalue weighted by Crippen LogP contribution is -2.23. The quantitative estimate of drug-likeness (QED) is 0.509. The minimum absolute atomic E-state index is 0.0452. The van der Waals surface area contributed by atoms with E-state index in [1.807, 2.05) is 6.92 Å². The molecule has 3 nitrogen and oxygen atoms in total. The lowest BCUT2D eigenvalue weighted by atomic mass is 10.00. The largest absolute Gasteiger partial charge is 0.436 e. The Morgan fingerprint density at radius 1 is 1.29 bits per heavy atom. The second-order valence-corrected chi connectivity index (χ2v) is 3.55. The van der Waals surface area contributed by atoms with Crippen LogP contribution in [-0.4, -0.2) is 17.4 Å². The number of esters is 1. The third-order valence-corrected chi connectivity index (χ3v) is 2.33. The van der Waals surface area contributed by atoms with Crippen molar-refractivity contribution in [3.8, 4) is 0 Å². The predicted molar refractivity (Wildman–Crippen MR) is 55.7 cm³/mol. The molecule has 14 heavy (non-hydrogen) atoms. The van der Waals surface area contributed by atoms with E-state index in [2.05, 4.69) is 6.92 Å². The van der Waals surface area contributed by atoms with Crippen LogP contribution in [0.4, 0.5) is 0 Å². The van der Waals surface area contributed by atoms with Gasteiger partial charge in [-0.3, -0.25) is 4.79 Å². The SMILES string of the molecule is CCCCC(CC)C(=O)OC(O)CC. The molecule has 0 aliphatic carbocycles. The van der Waals surface area contributed by atoms with Gasteiger partial charge in [-0.2, -0.15) is 0 Å². The van der Waals surface area contributed by atoms with Crippen LogP contribution >= 0.6 is 0 Å². The fraction of sp³-hybridized carbons (Fsp3) is 0.909. The molecule has 1 N–H and O–H groups in total. The summed E-state index contributed by atoms with van der Waals surface area (Å²) in [6, 6.07) is 0. The molecule has 0 aromatic carbocycles. The number of hydrogen-bond acceptors (Lipinski definition) is 3. The maximum Gasteiger partial charge on any atom is 0.311 e. The molecule has 3 heteroatoms. The first kappa shape index (κ1) is 13.4. The second kappa shape index (κ2) is 7.80. The smallest absolute Gasteiger partial charge is 0.311 e. The van der Waals surface area contributed by atoms with E-state index in [1.165, 1.54) is 0 Å². The second-order valence-electron chi connectivity index (χ2n) is 3.55. The lowest BCUT2D eigenvalue weighted by Gasteiger charge is -2.16. The molecule has 0 saturated heterocycles. The van der Waals surface area contributed by atoms with Gasteiger partial charge in [-0.15, -0.1) is 0 Å². The molecule has 2 atom stereocenters. The zero-order chi connectivity index (χ0) is 11.0. The molecule has 0 aliphatic rings. The average molecular weight is 202 g/mol. The van der Waals surface area contributed by atoms with E-state index >= 15 is 0 Å². The minimum atomic E-state index is -0.932. The molecule has 0 aromatic heterocycles. The van der Waals surface area contributed by atoms with Crippen LogP contribution in [0, 0.1) is 5.92 Å². The molecule has 0 rings (SSSR count). The highest BCUT2D eigenvalue weighted by molar-refractivity contribution is 5.72. The number of aliphatic hydroxyl groups excluding tert-OH is 1. The monoisotopic (exact) mass is 202 g/mol. The van der Waals surface area contributed by atoms with Gasteiger partial charge in [-0.1, -0.05) is 33.6 Å². The first-order chi connectivity index (χ1) is 6.65. The van der Waals surface area contributed by atoms with E-state index in [-0.39, 0.29) is 11.9 Å². The summed E-state index contributed by atoms with van der Waals surface area (Å²) in [5.74, 6) is -0.300. The number of hydrogen-bond donors (Lipinski definition) is 1. The summed E-state index contributed by atoms with van der Waals surface area (Å²) >= 11 is 0.